The van der Waals surface area contributed by atoms with E-state index in [0.717, 1.165) is 43.2 Å². The number of aromatic hydroxyl groups is 2. The van der Waals surface area contributed by atoms with Gasteiger partial charge in [0.05, 0.1) is 11.1 Å². The molecule has 0 unspecified atom stereocenters. The first-order valence-electron chi connectivity index (χ1n) is 9.86. The first-order valence-corrected chi connectivity index (χ1v) is 9.86. The predicted octanol–water partition coefficient (Wildman–Crippen LogP) is 5.04. The maximum Gasteiger partial charge on any atom is 0.257 e. The molecule has 2 aromatic rings. The third-order valence-corrected chi connectivity index (χ3v) is 5.35. The van der Waals surface area contributed by atoms with Gasteiger partial charge in [0.25, 0.3) is 5.91 Å². The number of hydrogen-bond acceptors (Lipinski definition) is 3. The molecule has 1 amide bonds. The molecule has 0 bridgehead atoms. The summed E-state index contributed by atoms with van der Waals surface area (Å²) >= 11 is 0. The second-order valence-corrected chi connectivity index (χ2v) is 7.63. The van der Waals surface area contributed by atoms with E-state index in [9.17, 15) is 15.0 Å². The van der Waals surface area contributed by atoms with Crippen LogP contribution in [0.4, 0.5) is 0 Å². The van der Waals surface area contributed by atoms with E-state index < -0.39 is 0 Å². The Morgan fingerprint density at radius 3 is 2.56 bits per heavy atom. The predicted molar refractivity (Wildman–Crippen MR) is 108 cm³/mol. The summed E-state index contributed by atoms with van der Waals surface area (Å²) < 4.78 is 0. The zero-order chi connectivity index (χ0) is 19.6. The molecule has 3 rings (SSSR count). The summed E-state index contributed by atoms with van der Waals surface area (Å²) in [5.41, 5.74) is 3.15. The largest absolute Gasteiger partial charge is 0.507 e. The number of hydrogen-bond donors (Lipinski definition) is 2. The van der Waals surface area contributed by atoms with E-state index in [4.69, 9.17) is 0 Å². The highest BCUT2D eigenvalue weighted by Gasteiger charge is 2.33. The fraction of sp³-hybridized carbons (Fsp3) is 0.435. The second kappa shape index (κ2) is 8.03. The number of unbranched alkanes of at least 4 members (excludes halogenated alkanes) is 2. The minimum Gasteiger partial charge on any atom is -0.507 e. The Hall–Kier alpha value is -2.49. The summed E-state index contributed by atoms with van der Waals surface area (Å²) in [7, 11) is 1.80. The standard InChI is InChI=1S/C23H29NO3/c1-4-5-6-9-17-14-19(25)20(16-10-7-8-15(2)13-16)22(26)21(17)23(27)24(3)18-11-12-18/h7-8,10,13-14,18,25-26H,4-6,9,11-12H2,1-3H3. The van der Waals surface area contributed by atoms with Crippen molar-refractivity contribution in [3.8, 4) is 22.6 Å². The SMILES string of the molecule is CCCCCc1cc(O)c(-c2cccc(C)c2)c(O)c1C(=O)N(C)C1CC1. The Morgan fingerprint density at radius 1 is 1.19 bits per heavy atom. The molecule has 144 valence electrons. The van der Waals surface area contributed by atoms with Crippen molar-refractivity contribution in [2.75, 3.05) is 7.05 Å². The molecule has 27 heavy (non-hydrogen) atoms. The van der Waals surface area contributed by atoms with Crippen LogP contribution in [0.25, 0.3) is 11.1 Å². The van der Waals surface area contributed by atoms with Gasteiger partial charge in [-0.3, -0.25) is 4.79 Å². The summed E-state index contributed by atoms with van der Waals surface area (Å²) in [6.45, 7) is 4.09. The molecule has 4 nitrogen and oxygen atoms in total. The van der Waals surface area contributed by atoms with E-state index in [1.165, 1.54) is 0 Å². The number of rotatable bonds is 7. The highest BCUT2D eigenvalue weighted by molar-refractivity contribution is 6.02. The van der Waals surface area contributed by atoms with Crippen LogP contribution in [0.5, 0.6) is 11.5 Å². The molecule has 2 aromatic carbocycles. The number of carbonyl (C=O) groups is 1. The van der Waals surface area contributed by atoms with Crippen LogP contribution >= 0.6 is 0 Å². The van der Waals surface area contributed by atoms with Gasteiger partial charge in [0.2, 0.25) is 0 Å². The molecule has 1 aliphatic carbocycles. The molecule has 0 radical (unpaired) electrons. The highest BCUT2D eigenvalue weighted by Crippen LogP contribution is 2.43. The van der Waals surface area contributed by atoms with Crippen molar-refractivity contribution in [2.45, 2.75) is 58.4 Å². The molecule has 2 N–H and O–H groups in total. The average molecular weight is 367 g/mol. The van der Waals surface area contributed by atoms with Crippen molar-refractivity contribution in [2.24, 2.45) is 0 Å². The lowest BCUT2D eigenvalue weighted by Crippen LogP contribution is -2.29. The Morgan fingerprint density at radius 2 is 1.93 bits per heavy atom. The zero-order valence-corrected chi connectivity index (χ0v) is 16.5. The zero-order valence-electron chi connectivity index (χ0n) is 16.5. The van der Waals surface area contributed by atoms with Gasteiger partial charge < -0.3 is 15.1 Å². The van der Waals surface area contributed by atoms with Crippen LogP contribution in [-0.4, -0.2) is 34.1 Å². The van der Waals surface area contributed by atoms with Gasteiger partial charge in [-0.05, 0) is 49.8 Å². The van der Waals surface area contributed by atoms with Crippen LogP contribution < -0.4 is 0 Å². The molecular formula is C23H29NO3. The van der Waals surface area contributed by atoms with E-state index >= 15 is 0 Å². The van der Waals surface area contributed by atoms with Gasteiger partial charge in [-0.25, -0.2) is 0 Å². The molecule has 0 heterocycles. The van der Waals surface area contributed by atoms with E-state index in [1.54, 1.807) is 18.0 Å². The summed E-state index contributed by atoms with van der Waals surface area (Å²) in [5.74, 6) is -0.241. The second-order valence-electron chi connectivity index (χ2n) is 7.63. The number of nitrogens with zero attached hydrogens (tertiary/aromatic N) is 1. The fourth-order valence-electron chi connectivity index (χ4n) is 3.60. The van der Waals surface area contributed by atoms with Crippen LogP contribution in [0, 0.1) is 6.92 Å². The van der Waals surface area contributed by atoms with Crippen molar-refractivity contribution in [1.29, 1.82) is 0 Å². The molecule has 0 aromatic heterocycles. The van der Waals surface area contributed by atoms with Crippen molar-refractivity contribution in [3.63, 3.8) is 0 Å². The maximum atomic E-state index is 13.1. The van der Waals surface area contributed by atoms with Crippen LogP contribution in [0.15, 0.2) is 30.3 Å². The maximum absolute atomic E-state index is 13.1. The van der Waals surface area contributed by atoms with Gasteiger partial charge in [0.15, 0.2) is 0 Å². The number of carbonyl (C=O) groups excluding carboxylic acids is 1. The lowest BCUT2D eigenvalue weighted by atomic mass is 9.92. The quantitative estimate of drug-likeness (QED) is 0.674. The van der Waals surface area contributed by atoms with E-state index in [2.05, 4.69) is 6.92 Å². The molecule has 1 fully saturated rings. The number of aryl methyl sites for hydroxylation is 2. The van der Waals surface area contributed by atoms with Crippen LogP contribution in [0.3, 0.4) is 0 Å². The third-order valence-electron chi connectivity index (χ3n) is 5.35. The van der Waals surface area contributed by atoms with Gasteiger partial charge >= 0.3 is 0 Å². The number of phenolic OH excluding ortho intramolecular Hbond substituents is 2. The van der Waals surface area contributed by atoms with Gasteiger partial charge in [-0.1, -0.05) is 49.6 Å². The molecule has 1 saturated carbocycles. The first kappa shape index (κ1) is 19.3. The van der Waals surface area contributed by atoms with E-state index in [-0.39, 0.29) is 23.4 Å². The van der Waals surface area contributed by atoms with E-state index in [0.29, 0.717) is 23.1 Å². The summed E-state index contributed by atoms with van der Waals surface area (Å²) in [6, 6.07) is 9.53. The van der Waals surface area contributed by atoms with Crippen LogP contribution in [0.1, 0.15) is 60.5 Å². The van der Waals surface area contributed by atoms with Crippen LogP contribution in [0.2, 0.25) is 0 Å². The summed E-state index contributed by atoms with van der Waals surface area (Å²) in [5, 5.41) is 21.7. The third kappa shape index (κ3) is 4.10. The van der Waals surface area contributed by atoms with Crippen LogP contribution in [-0.2, 0) is 6.42 Å². The monoisotopic (exact) mass is 367 g/mol. The van der Waals surface area contributed by atoms with Gasteiger partial charge in [-0.15, -0.1) is 0 Å². The van der Waals surface area contributed by atoms with Gasteiger partial charge in [0, 0.05) is 13.1 Å². The minimum absolute atomic E-state index is 0.0234. The number of benzene rings is 2. The highest BCUT2D eigenvalue weighted by atomic mass is 16.3. The minimum atomic E-state index is -0.157. The van der Waals surface area contributed by atoms with Crippen molar-refractivity contribution in [3.05, 3.63) is 47.0 Å². The van der Waals surface area contributed by atoms with E-state index in [1.807, 2.05) is 31.2 Å². The molecule has 0 spiro atoms. The van der Waals surface area contributed by atoms with Crippen molar-refractivity contribution < 1.29 is 15.0 Å². The van der Waals surface area contributed by atoms with Gasteiger partial charge in [0.1, 0.15) is 11.5 Å². The number of phenols is 2. The smallest absolute Gasteiger partial charge is 0.257 e. The summed E-state index contributed by atoms with van der Waals surface area (Å²) in [6.07, 6.45) is 5.74. The molecule has 0 aliphatic heterocycles. The Balaban J connectivity index is 2.10. The Bertz CT molecular complexity index is 840. The van der Waals surface area contributed by atoms with Gasteiger partial charge in [-0.2, -0.15) is 0 Å². The lowest BCUT2D eigenvalue weighted by Gasteiger charge is -2.22. The molecule has 4 heteroatoms. The normalized spacial score (nSPS) is 13.6. The molecule has 1 aliphatic rings. The fourth-order valence-corrected chi connectivity index (χ4v) is 3.60. The Labute approximate surface area is 161 Å². The number of amides is 1. The summed E-state index contributed by atoms with van der Waals surface area (Å²) in [4.78, 5) is 14.9. The van der Waals surface area contributed by atoms with Crippen molar-refractivity contribution >= 4 is 5.91 Å². The average Bonchev–Trinajstić information content (AvgIpc) is 3.46. The lowest BCUT2D eigenvalue weighted by molar-refractivity contribution is 0.0781. The molecule has 0 saturated heterocycles. The van der Waals surface area contributed by atoms with Crippen molar-refractivity contribution in [1.82, 2.24) is 4.90 Å². The first-order chi connectivity index (χ1) is 12.9. The Kier molecular flexibility index (Phi) is 5.73. The molecule has 0 atom stereocenters. The molecular weight excluding hydrogens is 338 g/mol. The topological polar surface area (TPSA) is 60.8 Å².